The Kier molecular flexibility index (Phi) is 10.3. The molecule has 0 aromatic heterocycles. The van der Waals surface area contributed by atoms with Gasteiger partial charge in [0.25, 0.3) is 0 Å². The normalized spacial score (nSPS) is 17.3. The van der Waals surface area contributed by atoms with E-state index in [1.54, 1.807) is 26.4 Å². The number of benzene rings is 2. The third kappa shape index (κ3) is 7.32. The van der Waals surface area contributed by atoms with E-state index < -0.39 is 0 Å². The first-order valence-electron chi connectivity index (χ1n) is 12.2. The molecule has 0 bridgehead atoms. The zero-order chi connectivity index (χ0) is 25.9. The number of carbonyl (C=O) groups is 4. The van der Waals surface area contributed by atoms with Crippen molar-refractivity contribution in [2.75, 3.05) is 27.4 Å². The average Bonchev–Trinajstić information content (AvgIpc) is 3.49. The Morgan fingerprint density at radius 2 is 1.19 bits per heavy atom. The first kappa shape index (κ1) is 27.2. The minimum Gasteiger partial charge on any atom is -0.384 e. The standard InChI is InChI=1S/2C14H17NO3/c2*1-18-7-6-14(17)15-13-5-3-11-8-10(9-16)2-4-12(11)13/h2*2,4,8-9,13H,3,5-7H2,1H3,(H,15,17). The predicted octanol–water partition coefficient (Wildman–Crippen LogP) is 3.28. The summed E-state index contributed by atoms with van der Waals surface area (Å²) >= 11 is 0. The molecule has 2 aromatic rings. The highest BCUT2D eigenvalue weighted by Gasteiger charge is 2.24. The molecule has 2 aromatic carbocycles. The fraction of sp³-hybridized carbons (Fsp3) is 0.429. The topological polar surface area (TPSA) is 111 Å². The van der Waals surface area contributed by atoms with Crippen LogP contribution in [0.4, 0.5) is 0 Å². The van der Waals surface area contributed by atoms with Crippen LogP contribution in [0.5, 0.6) is 0 Å². The van der Waals surface area contributed by atoms with Crippen molar-refractivity contribution in [3.05, 3.63) is 69.8 Å². The summed E-state index contributed by atoms with van der Waals surface area (Å²) in [5.41, 5.74) is 5.98. The van der Waals surface area contributed by atoms with Gasteiger partial charge in [0.05, 0.1) is 25.3 Å². The van der Waals surface area contributed by atoms with Gasteiger partial charge in [-0.3, -0.25) is 19.2 Å². The van der Waals surface area contributed by atoms with Crippen LogP contribution in [0.25, 0.3) is 0 Å². The Balaban J connectivity index is 0.000000201. The highest BCUT2D eigenvalue weighted by Crippen LogP contribution is 2.32. The van der Waals surface area contributed by atoms with Crippen molar-refractivity contribution >= 4 is 24.4 Å². The van der Waals surface area contributed by atoms with E-state index in [-0.39, 0.29) is 23.9 Å². The maximum atomic E-state index is 11.6. The second-order valence-electron chi connectivity index (χ2n) is 8.96. The molecule has 0 saturated carbocycles. The van der Waals surface area contributed by atoms with E-state index in [9.17, 15) is 19.2 Å². The zero-order valence-corrected chi connectivity index (χ0v) is 20.9. The van der Waals surface area contributed by atoms with Gasteiger partial charge in [0.1, 0.15) is 12.6 Å². The van der Waals surface area contributed by atoms with Gasteiger partial charge in [0, 0.05) is 38.2 Å². The van der Waals surface area contributed by atoms with Crippen LogP contribution in [-0.4, -0.2) is 51.8 Å². The molecule has 2 unspecified atom stereocenters. The maximum absolute atomic E-state index is 11.6. The largest absolute Gasteiger partial charge is 0.384 e. The number of methoxy groups -OCH3 is 2. The second-order valence-corrected chi connectivity index (χ2v) is 8.96. The Hall–Kier alpha value is -3.36. The number of aldehydes is 2. The summed E-state index contributed by atoms with van der Waals surface area (Å²) in [4.78, 5) is 44.7. The monoisotopic (exact) mass is 494 g/mol. The van der Waals surface area contributed by atoms with E-state index in [1.165, 1.54) is 0 Å². The Morgan fingerprint density at radius 1 is 0.778 bits per heavy atom. The number of nitrogens with one attached hydrogen (secondary N) is 2. The van der Waals surface area contributed by atoms with Crippen molar-refractivity contribution < 1.29 is 28.7 Å². The smallest absolute Gasteiger partial charge is 0.222 e. The van der Waals surface area contributed by atoms with Crippen molar-refractivity contribution in [2.45, 2.75) is 50.6 Å². The van der Waals surface area contributed by atoms with Crippen LogP contribution in [0, 0.1) is 0 Å². The van der Waals surface area contributed by atoms with E-state index in [0.29, 0.717) is 37.2 Å². The number of carbonyl (C=O) groups excluding carboxylic acids is 4. The molecule has 0 radical (unpaired) electrons. The molecule has 8 nitrogen and oxygen atoms in total. The van der Waals surface area contributed by atoms with Gasteiger partial charge in [-0.15, -0.1) is 0 Å². The molecular weight excluding hydrogens is 460 g/mol. The molecule has 4 rings (SSSR count). The molecule has 2 N–H and O–H groups in total. The van der Waals surface area contributed by atoms with Gasteiger partial charge in [0.15, 0.2) is 0 Å². The van der Waals surface area contributed by atoms with E-state index in [0.717, 1.165) is 60.5 Å². The van der Waals surface area contributed by atoms with Gasteiger partial charge in [-0.25, -0.2) is 0 Å². The van der Waals surface area contributed by atoms with Gasteiger partial charge < -0.3 is 20.1 Å². The summed E-state index contributed by atoms with van der Waals surface area (Å²) in [5.74, 6) is 0.0170. The molecule has 2 atom stereocenters. The van der Waals surface area contributed by atoms with Crippen LogP contribution in [0.3, 0.4) is 0 Å². The van der Waals surface area contributed by atoms with Crippen molar-refractivity contribution in [3.8, 4) is 0 Å². The lowest BCUT2D eigenvalue weighted by Crippen LogP contribution is -2.27. The number of ether oxygens (including phenoxy) is 2. The van der Waals surface area contributed by atoms with Gasteiger partial charge in [-0.2, -0.15) is 0 Å². The van der Waals surface area contributed by atoms with E-state index in [2.05, 4.69) is 10.6 Å². The minimum atomic E-state index is 0.00849. The summed E-state index contributed by atoms with van der Waals surface area (Å²) in [5, 5.41) is 6.00. The fourth-order valence-electron chi connectivity index (χ4n) is 4.64. The average molecular weight is 495 g/mol. The number of aryl methyl sites for hydroxylation is 2. The molecule has 0 saturated heterocycles. The molecule has 0 spiro atoms. The third-order valence-electron chi connectivity index (χ3n) is 6.50. The number of rotatable bonds is 10. The molecule has 0 aliphatic heterocycles. The second kappa shape index (κ2) is 13.7. The molecule has 2 aliphatic rings. The Morgan fingerprint density at radius 3 is 1.56 bits per heavy atom. The SMILES string of the molecule is COCCC(=O)NC1CCc2cc(C=O)ccc21.COCCC(=O)NC1CCc2cc(C=O)ccc21. The van der Waals surface area contributed by atoms with Gasteiger partial charge in [0.2, 0.25) is 11.8 Å². The van der Waals surface area contributed by atoms with Crippen LogP contribution < -0.4 is 10.6 Å². The van der Waals surface area contributed by atoms with Crippen molar-refractivity contribution in [3.63, 3.8) is 0 Å². The molecule has 8 heteroatoms. The summed E-state index contributed by atoms with van der Waals surface area (Å²) in [6.07, 6.45) is 6.09. The van der Waals surface area contributed by atoms with Gasteiger partial charge in [-0.1, -0.05) is 24.3 Å². The van der Waals surface area contributed by atoms with Gasteiger partial charge in [-0.05, 0) is 60.1 Å². The van der Waals surface area contributed by atoms with Crippen LogP contribution in [0.1, 0.15) is 80.7 Å². The van der Waals surface area contributed by atoms with Crippen LogP contribution in [0.15, 0.2) is 36.4 Å². The number of hydrogen-bond donors (Lipinski definition) is 2. The number of amides is 2. The van der Waals surface area contributed by atoms with Gasteiger partial charge >= 0.3 is 0 Å². The lowest BCUT2D eigenvalue weighted by atomic mass is 10.1. The minimum absolute atomic E-state index is 0.00849. The molecule has 192 valence electrons. The number of fused-ring (bicyclic) bond motifs is 2. The molecule has 2 amide bonds. The van der Waals surface area contributed by atoms with Crippen molar-refractivity contribution in [1.82, 2.24) is 10.6 Å². The quantitative estimate of drug-likeness (QED) is 0.491. The highest BCUT2D eigenvalue weighted by molar-refractivity contribution is 5.78. The van der Waals surface area contributed by atoms with E-state index in [4.69, 9.17) is 9.47 Å². The van der Waals surface area contributed by atoms with E-state index >= 15 is 0 Å². The lowest BCUT2D eigenvalue weighted by molar-refractivity contribution is -0.123. The first-order chi connectivity index (χ1) is 17.5. The summed E-state index contributed by atoms with van der Waals surface area (Å²) in [6, 6.07) is 11.4. The lowest BCUT2D eigenvalue weighted by Gasteiger charge is -2.14. The molecule has 36 heavy (non-hydrogen) atoms. The maximum Gasteiger partial charge on any atom is 0.222 e. The summed E-state index contributed by atoms with van der Waals surface area (Å²) in [7, 11) is 3.16. The van der Waals surface area contributed by atoms with Crippen molar-refractivity contribution in [1.29, 1.82) is 0 Å². The van der Waals surface area contributed by atoms with Crippen LogP contribution >= 0.6 is 0 Å². The molecule has 2 aliphatic carbocycles. The molecule has 0 heterocycles. The van der Waals surface area contributed by atoms with Crippen LogP contribution in [-0.2, 0) is 31.9 Å². The Labute approximate surface area is 211 Å². The molecule has 0 fully saturated rings. The fourth-order valence-corrected chi connectivity index (χ4v) is 4.64. The first-order valence-corrected chi connectivity index (χ1v) is 12.2. The molecular formula is C28H34N2O6. The van der Waals surface area contributed by atoms with E-state index in [1.807, 2.05) is 24.3 Å². The zero-order valence-electron chi connectivity index (χ0n) is 20.9. The predicted molar refractivity (Wildman–Crippen MR) is 135 cm³/mol. The summed E-state index contributed by atoms with van der Waals surface area (Å²) < 4.78 is 9.75. The highest BCUT2D eigenvalue weighted by atomic mass is 16.5. The summed E-state index contributed by atoms with van der Waals surface area (Å²) in [6.45, 7) is 0.880. The van der Waals surface area contributed by atoms with Crippen molar-refractivity contribution in [2.24, 2.45) is 0 Å². The number of hydrogen-bond acceptors (Lipinski definition) is 6. The Bertz CT molecular complexity index is 998. The van der Waals surface area contributed by atoms with Crippen LogP contribution in [0.2, 0.25) is 0 Å². The third-order valence-corrected chi connectivity index (χ3v) is 6.50.